The molecule has 10 nitrogen and oxygen atoms in total. The molecule has 1 saturated heterocycles. The number of fused-ring (bicyclic) bond motifs is 1. The Kier molecular flexibility index (Phi) is 10.8. The quantitative estimate of drug-likeness (QED) is 0.150. The van der Waals surface area contributed by atoms with Crippen LogP contribution < -0.4 is 15.4 Å². The lowest BCUT2D eigenvalue weighted by Gasteiger charge is -2.31. The molecule has 3 aromatic carbocycles. The van der Waals surface area contributed by atoms with Crippen molar-refractivity contribution in [2.45, 2.75) is 51.7 Å². The summed E-state index contributed by atoms with van der Waals surface area (Å²) in [6.07, 6.45) is -0.455. The highest BCUT2D eigenvalue weighted by Crippen LogP contribution is 2.27. The summed E-state index contributed by atoms with van der Waals surface area (Å²) in [5.41, 5.74) is -0.482. The Balaban J connectivity index is 1.38. The van der Waals surface area contributed by atoms with Crippen LogP contribution in [-0.4, -0.2) is 65.7 Å². The predicted octanol–water partition coefficient (Wildman–Crippen LogP) is 4.44. The minimum atomic E-state index is -1.86. The fraction of sp³-hybridized carbons (Fsp3) is 0.364. The lowest BCUT2D eigenvalue weighted by Crippen LogP contribution is -2.50. The number of hydrogen-bond acceptors (Lipinski definition) is 7. The summed E-state index contributed by atoms with van der Waals surface area (Å²) in [5, 5.41) is 6.69. The van der Waals surface area contributed by atoms with Gasteiger partial charge in [0.05, 0.1) is 6.42 Å². The topological polar surface area (TPSA) is 131 Å². The molecule has 0 aliphatic carbocycles. The number of anilines is 1. The molecule has 3 aromatic rings. The van der Waals surface area contributed by atoms with E-state index in [1.807, 2.05) is 24.3 Å². The lowest BCUT2D eigenvalue weighted by molar-refractivity contribution is -0.156. The summed E-state index contributed by atoms with van der Waals surface area (Å²) < 4.78 is 65.2. The molecule has 0 aromatic heterocycles. The molecule has 0 saturated carbocycles. The number of amides is 3. The van der Waals surface area contributed by atoms with Crippen LogP contribution in [0, 0.1) is 29.2 Å². The average Bonchev–Trinajstić information content (AvgIpc) is 3.02. The van der Waals surface area contributed by atoms with Crippen LogP contribution in [-0.2, 0) is 28.7 Å². The third-order valence-electron chi connectivity index (χ3n) is 7.31. The van der Waals surface area contributed by atoms with Gasteiger partial charge in [0.25, 0.3) is 0 Å². The van der Waals surface area contributed by atoms with E-state index in [1.165, 1.54) is 4.90 Å². The van der Waals surface area contributed by atoms with E-state index in [-0.39, 0.29) is 32.0 Å². The SMILES string of the molecule is CC(C)(C)OC(=O)C[C@H](NC(=O)C1CCN(C(=O)C(=O)Nc2cccc3ccccc23)CC1)C(=O)COc1c(F)c(F)cc(F)c1F. The summed E-state index contributed by atoms with van der Waals surface area (Å²) in [7, 11) is 0. The molecule has 14 heteroatoms. The van der Waals surface area contributed by atoms with Gasteiger partial charge in [-0.05, 0) is 45.1 Å². The van der Waals surface area contributed by atoms with Crippen molar-refractivity contribution in [2.75, 3.05) is 25.0 Å². The smallest absolute Gasteiger partial charge is 0.313 e. The van der Waals surface area contributed by atoms with Crippen molar-refractivity contribution in [1.29, 1.82) is 0 Å². The third-order valence-corrected chi connectivity index (χ3v) is 7.31. The Bertz CT molecular complexity index is 1670. The molecule has 1 aliphatic rings. The van der Waals surface area contributed by atoms with Gasteiger partial charge in [0.2, 0.25) is 17.5 Å². The highest BCUT2D eigenvalue weighted by Gasteiger charge is 2.34. The van der Waals surface area contributed by atoms with E-state index in [0.717, 1.165) is 10.8 Å². The number of nitrogens with zero attached hydrogens (tertiary/aromatic N) is 1. The second kappa shape index (κ2) is 14.6. The highest BCUT2D eigenvalue weighted by atomic mass is 19.2. The van der Waals surface area contributed by atoms with Crippen molar-refractivity contribution in [3.8, 4) is 5.75 Å². The average molecular weight is 660 g/mol. The van der Waals surface area contributed by atoms with E-state index < -0.39 is 89.1 Å². The van der Waals surface area contributed by atoms with Gasteiger partial charge in [-0.2, -0.15) is 8.78 Å². The van der Waals surface area contributed by atoms with Gasteiger partial charge >= 0.3 is 17.8 Å². The standard InChI is InChI=1S/C33H33F4N3O7/c1-33(2,3)47-26(42)16-24(25(41)17-46-29-27(36)21(34)15-22(35)28(29)37)39-30(43)19-11-13-40(14-12-19)32(45)31(44)38-23-10-6-8-18-7-4-5-9-20(18)23/h4-10,15,19,24H,11-14,16-17H2,1-3H3,(H,38,44)(H,39,43)/t24-/m0/s1. The molecule has 2 N–H and O–H groups in total. The number of hydrogen-bond donors (Lipinski definition) is 2. The Morgan fingerprint density at radius 2 is 1.53 bits per heavy atom. The molecule has 3 amide bonds. The molecule has 1 atom stereocenters. The predicted molar refractivity (Wildman–Crippen MR) is 161 cm³/mol. The van der Waals surface area contributed by atoms with Crippen LogP contribution in [0.3, 0.4) is 0 Å². The number of nitrogens with one attached hydrogen (secondary N) is 2. The van der Waals surface area contributed by atoms with Crippen LogP contribution in [0.5, 0.6) is 5.75 Å². The van der Waals surface area contributed by atoms with E-state index in [9.17, 15) is 41.5 Å². The maximum absolute atomic E-state index is 14.0. The molecule has 1 heterocycles. The van der Waals surface area contributed by atoms with E-state index >= 15 is 0 Å². The number of likely N-dealkylation sites (tertiary alicyclic amines) is 1. The number of piperidine rings is 1. The number of ether oxygens (including phenoxy) is 2. The second-order valence-electron chi connectivity index (χ2n) is 12.0. The molecule has 0 unspecified atom stereocenters. The van der Waals surface area contributed by atoms with Crippen LogP contribution in [0.4, 0.5) is 23.2 Å². The van der Waals surface area contributed by atoms with Gasteiger partial charge in [-0.3, -0.25) is 24.0 Å². The Morgan fingerprint density at radius 1 is 0.915 bits per heavy atom. The van der Waals surface area contributed by atoms with Crippen LogP contribution in [0.1, 0.15) is 40.0 Å². The fourth-order valence-electron chi connectivity index (χ4n) is 5.01. The Morgan fingerprint density at radius 3 is 2.17 bits per heavy atom. The first-order valence-corrected chi connectivity index (χ1v) is 14.7. The summed E-state index contributed by atoms with van der Waals surface area (Å²) in [6, 6.07) is 11.0. The number of halogens is 4. The molecule has 250 valence electrons. The lowest BCUT2D eigenvalue weighted by atomic mass is 9.95. The van der Waals surface area contributed by atoms with Crippen molar-refractivity contribution in [3.63, 3.8) is 0 Å². The number of rotatable bonds is 9. The maximum atomic E-state index is 14.0. The van der Waals surface area contributed by atoms with Gasteiger partial charge in [-0.1, -0.05) is 36.4 Å². The van der Waals surface area contributed by atoms with Gasteiger partial charge in [0.1, 0.15) is 18.2 Å². The zero-order chi connectivity index (χ0) is 34.5. The van der Waals surface area contributed by atoms with Crippen molar-refractivity contribution in [2.24, 2.45) is 5.92 Å². The Labute approximate surface area is 267 Å². The van der Waals surface area contributed by atoms with Crippen molar-refractivity contribution < 1.29 is 51.0 Å². The first kappa shape index (κ1) is 34.9. The van der Waals surface area contributed by atoms with Crippen LogP contribution >= 0.6 is 0 Å². The van der Waals surface area contributed by atoms with Crippen molar-refractivity contribution >= 4 is 45.9 Å². The van der Waals surface area contributed by atoms with Crippen molar-refractivity contribution in [3.05, 3.63) is 71.8 Å². The normalized spacial score (nSPS) is 14.3. The van der Waals surface area contributed by atoms with Gasteiger partial charge in [0.15, 0.2) is 23.2 Å². The molecule has 0 radical (unpaired) electrons. The number of ketones is 1. The maximum Gasteiger partial charge on any atom is 0.313 e. The molecule has 0 bridgehead atoms. The van der Waals surface area contributed by atoms with Gasteiger partial charge in [-0.15, -0.1) is 0 Å². The van der Waals surface area contributed by atoms with Gasteiger partial charge in [-0.25, -0.2) is 8.78 Å². The zero-order valence-electron chi connectivity index (χ0n) is 25.8. The van der Waals surface area contributed by atoms with Crippen molar-refractivity contribution in [1.82, 2.24) is 10.2 Å². The summed E-state index contributed by atoms with van der Waals surface area (Å²) >= 11 is 0. The minimum absolute atomic E-state index is 0.0266. The summed E-state index contributed by atoms with van der Waals surface area (Å²) in [4.78, 5) is 65.7. The van der Waals surface area contributed by atoms with Crippen LogP contribution in [0.25, 0.3) is 10.8 Å². The monoisotopic (exact) mass is 659 g/mol. The highest BCUT2D eigenvalue weighted by molar-refractivity contribution is 6.40. The first-order valence-electron chi connectivity index (χ1n) is 14.7. The van der Waals surface area contributed by atoms with E-state index in [4.69, 9.17) is 9.47 Å². The van der Waals surface area contributed by atoms with E-state index in [1.54, 1.807) is 39.0 Å². The first-order chi connectivity index (χ1) is 22.1. The Hall–Kier alpha value is -5.01. The largest absolute Gasteiger partial charge is 0.479 e. The molecule has 0 spiro atoms. The molecule has 4 rings (SSSR count). The van der Waals surface area contributed by atoms with Gasteiger partial charge in [0, 0.05) is 36.1 Å². The fourth-order valence-corrected chi connectivity index (χ4v) is 5.01. The molecular weight excluding hydrogens is 626 g/mol. The molecule has 1 aliphatic heterocycles. The van der Waals surface area contributed by atoms with Crippen LogP contribution in [0.2, 0.25) is 0 Å². The van der Waals surface area contributed by atoms with Gasteiger partial charge < -0.3 is 25.0 Å². The number of esters is 1. The number of benzene rings is 3. The van der Waals surface area contributed by atoms with Crippen LogP contribution in [0.15, 0.2) is 48.5 Å². The summed E-state index contributed by atoms with van der Waals surface area (Å²) in [5.74, 6) is -13.7. The third kappa shape index (κ3) is 8.83. The minimum Gasteiger partial charge on any atom is -0.479 e. The zero-order valence-corrected chi connectivity index (χ0v) is 25.8. The van der Waals surface area contributed by atoms with E-state index in [0.29, 0.717) is 5.69 Å². The molecule has 47 heavy (non-hydrogen) atoms. The number of carbonyl (C=O) groups is 5. The molecular formula is C33H33F4N3O7. The summed E-state index contributed by atoms with van der Waals surface area (Å²) in [6.45, 7) is 3.65. The second-order valence-corrected chi connectivity index (χ2v) is 12.0. The number of carbonyl (C=O) groups excluding carboxylic acids is 5. The molecule has 1 fully saturated rings. The number of Topliss-reactive ketones (excluding diaryl/α,β-unsaturated/α-hetero) is 1. The van der Waals surface area contributed by atoms with E-state index in [2.05, 4.69) is 10.6 Å².